The quantitative estimate of drug-likeness (QED) is 0.692. The average molecular weight is 352 g/mol. The Balaban J connectivity index is 1.44. The Bertz CT molecular complexity index is 1010. The molecule has 4 rings (SSSR count). The molecule has 132 valence electrons. The van der Waals surface area contributed by atoms with Gasteiger partial charge < -0.3 is 13.9 Å². The lowest BCUT2D eigenvalue weighted by Crippen LogP contribution is -2.41. The molecule has 0 saturated heterocycles. The number of carbonyl (C=O) groups excluding carboxylic acids is 2. The summed E-state index contributed by atoms with van der Waals surface area (Å²) in [4.78, 5) is 24.4. The second-order valence-electron chi connectivity index (χ2n) is 5.92. The van der Waals surface area contributed by atoms with Crippen LogP contribution in [0.15, 0.2) is 46.9 Å². The van der Waals surface area contributed by atoms with Crippen LogP contribution in [0, 0.1) is 6.92 Å². The number of fused-ring (bicyclic) bond motifs is 2. The molecule has 1 aromatic heterocycles. The summed E-state index contributed by atoms with van der Waals surface area (Å²) >= 11 is 0. The van der Waals surface area contributed by atoms with Crippen molar-refractivity contribution in [2.75, 3.05) is 13.2 Å². The number of rotatable bonds is 2. The Morgan fingerprint density at radius 3 is 2.50 bits per heavy atom. The molecule has 26 heavy (non-hydrogen) atoms. The lowest BCUT2D eigenvalue weighted by atomic mass is 10.2. The van der Waals surface area contributed by atoms with E-state index in [0.717, 1.165) is 10.9 Å². The lowest BCUT2D eigenvalue weighted by molar-refractivity contribution is 0.0831. The van der Waals surface area contributed by atoms with E-state index < -0.39 is 11.8 Å². The van der Waals surface area contributed by atoms with E-state index >= 15 is 0 Å². The fourth-order valence-electron chi connectivity index (χ4n) is 2.71. The maximum absolute atomic E-state index is 12.2. The van der Waals surface area contributed by atoms with E-state index in [9.17, 15) is 9.59 Å². The van der Waals surface area contributed by atoms with Gasteiger partial charge in [-0.2, -0.15) is 0 Å². The number of ether oxygens (including phenoxy) is 2. The fraction of sp³-hybridized carbons (Fsp3) is 0.158. The van der Waals surface area contributed by atoms with E-state index in [1.807, 2.05) is 19.1 Å². The molecule has 0 radical (unpaired) electrons. The predicted octanol–water partition coefficient (Wildman–Crippen LogP) is 2.59. The minimum absolute atomic E-state index is 0.119. The van der Waals surface area contributed by atoms with Crippen molar-refractivity contribution in [1.82, 2.24) is 10.9 Å². The lowest BCUT2D eigenvalue weighted by Gasteiger charge is -2.18. The molecule has 7 nitrogen and oxygen atoms in total. The molecule has 1 aliphatic rings. The van der Waals surface area contributed by atoms with Crippen LogP contribution >= 0.6 is 0 Å². The van der Waals surface area contributed by atoms with Crippen molar-refractivity contribution in [2.45, 2.75) is 6.92 Å². The summed E-state index contributed by atoms with van der Waals surface area (Å²) in [6.45, 7) is 2.87. The largest absolute Gasteiger partial charge is 0.486 e. The molecule has 2 amide bonds. The van der Waals surface area contributed by atoms with Crippen molar-refractivity contribution in [3.63, 3.8) is 0 Å². The molecule has 0 spiro atoms. The summed E-state index contributed by atoms with van der Waals surface area (Å²) in [5.41, 5.74) is 6.73. The molecule has 0 saturated carbocycles. The summed E-state index contributed by atoms with van der Waals surface area (Å²) in [7, 11) is 0. The zero-order valence-corrected chi connectivity index (χ0v) is 14.0. The molecule has 0 unspecified atom stereocenters. The number of hydrogen-bond donors (Lipinski definition) is 2. The van der Waals surface area contributed by atoms with Gasteiger partial charge in [0, 0.05) is 10.9 Å². The van der Waals surface area contributed by atoms with Crippen LogP contribution in [-0.4, -0.2) is 25.0 Å². The van der Waals surface area contributed by atoms with E-state index in [-0.39, 0.29) is 5.76 Å². The van der Waals surface area contributed by atoms with E-state index in [1.54, 1.807) is 30.3 Å². The molecule has 2 N–H and O–H groups in total. The van der Waals surface area contributed by atoms with E-state index in [4.69, 9.17) is 13.9 Å². The number of hydrazine groups is 1. The molecule has 0 bridgehead atoms. The van der Waals surface area contributed by atoms with Crippen LogP contribution in [-0.2, 0) is 0 Å². The van der Waals surface area contributed by atoms with Crippen molar-refractivity contribution in [3.8, 4) is 11.5 Å². The van der Waals surface area contributed by atoms with Gasteiger partial charge in [0.25, 0.3) is 5.91 Å². The van der Waals surface area contributed by atoms with Gasteiger partial charge >= 0.3 is 5.91 Å². The van der Waals surface area contributed by atoms with Gasteiger partial charge in [0.15, 0.2) is 17.3 Å². The molecule has 2 heterocycles. The Hall–Kier alpha value is -3.48. The second-order valence-corrected chi connectivity index (χ2v) is 5.92. The third-order valence-electron chi connectivity index (χ3n) is 3.99. The van der Waals surface area contributed by atoms with E-state index in [1.165, 1.54) is 0 Å². The Morgan fingerprint density at radius 2 is 1.65 bits per heavy atom. The summed E-state index contributed by atoms with van der Waals surface area (Å²) in [5, 5.41) is 0.827. The van der Waals surface area contributed by atoms with Crippen molar-refractivity contribution >= 4 is 22.8 Å². The molecular formula is C19H16N2O5. The number of aryl methyl sites for hydroxylation is 1. The minimum atomic E-state index is -0.537. The highest BCUT2D eigenvalue weighted by atomic mass is 16.6. The third kappa shape index (κ3) is 3.06. The number of benzene rings is 2. The summed E-state index contributed by atoms with van der Waals surface area (Å²) in [5.74, 6) is 0.206. The van der Waals surface area contributed by atoms with Crippen LogP contribution in [0.25, 0.3) is 11.0 Å². The number of hydrogen-bond acceptors (Lipinski definition) is 5. The molecular weight excluding hydrogens is 336 g/mol. The molecule has 7 heteroatoms. The van der Waals surface area contributed by atoms with Gasteiger partial charge in [0.1, 0.15) is 18.8 Å². The molecule has 3 aromatic rings. The zero-order valence-electron chi connectivity index (χ0n) is 14.0. The molecule has 2 aromatic carbocycles. The van der Waals surface area contributed by atoms with Gasteiger partial charge in [-0.3, -0.25) is 20.4 Å². The molecule has 0 fully saturated rings. The first kappa shape index (κ1) is 16.0. The molecule has 0 aliphatic carbocycles. The van der Waals surface area contributed by atoms with Crippen LogP contribution in [0.5, 0.6) is 11.5 Å². The fourth-order valence-corrected chi connectivity index (χ4v) is 2.71. The second kappa shape index (κ2) is 6.44. The first-order valence-electron chi connectivity index (χ1n) is 8.11. The summed E-state index contributed by atoms with van der Waals surface area (Å²) in [6, 6.07) is 12.1. The Labute approximate surface area is 148 Å². The van der Waals surface area contributed by atoms with Gasteiger partial charge in [-0.25, -0.2) is 0 Å². The maximum Gasteiger partial charge on any atom is 0.305 e. The highest BCUT2D eigenvalue weighted by Gasteiger charge is 2.17. The van der Waals surface area contributed by atoms with Crippen LogP contribution in [0.4, 0.5) is 0 Å². The van der Waals surface area contributed by atoms with Gasteiger partial charge in [-0.05, 0) is 43.3 Å². The van der Waals surface area contributed by atoms with Crippen molar-refractivity contribution in [2.24, 2.45) is 0 Å². The van der Waals surface area contributed by atoms with E-state index in [0.29, 0.717) is 35.9 Å². The maximum atomic E-state index is 12.2. The first-order chi connectivity index (χ1) is 12.6. The average Bonchev–Trinajstić information content (AvgIpc) is 3.08. The normalized spacial score (nSPS) is 12.7. The Kier molecular flexibility index (Phi) is 3.96. The Morgan fingerprint density at radius 1 is 0.885 bits per heavy atom. The standard InChI is InChI=1S/C19H16N2O5/c1-11-2-4-14-13(8-11)10-17(26-14)19(23)21-20-18(22)12-3-5-15-16(9-12)25-7-6-24-15/h2-5,8-10H,6-7H2,1H3,(H,20,22)(H,21,23). The minimum Gasteiger partial charge on any atom is -0.486 e. The van der Waals surface area contributed by atoms with Gasteiger partial charge in [0.2, 0.25) is 0 Å². The predicted molar refractivity (Wildman–Crippen MR) is 93.3 cm³/mol. The van der Waals surface area contributed by atoms with Crippen LogP contribution in [0.3, 0.4) is 0 Å². The number of amides is 2. The van der Waals surface area contributed by atoms with Crippen LogP contribution in [0.2, 0.25) is 0 Å². The number of nitrogens with one attached hydrogen (secondary N) is 2. The summed E-state index contributed by atoms with van der Waals surface area (Å²) in [6.07, 6.45) is 0. The van der Waals surface area contributed by atoms with Gasteiger partial charge in [-0.15, -0.1) is 0 Å². The smallest absolute Gasteiger partial charge is 0.305 e. The summed E-state index contributed by atoms with van der Waals surface area (Å²) < 4.78 is 16.4. The van der Waals surface area contributed by atoms with E-state index in [2.05, 4.69) is 10.9 Å². The SMILES string of the molecule is Cc1ccc2oc(C(=O)NNC(=O)c3ccc4c(c3)OCCO4)cc2c1. The highest BCUT2D eigenvalue weighted by Crippen LogP contribution is 2.30. The van der Waals surface area contributed by atoms with Gasteiger partial charge in [-0.1, -0.05) is 11.6 Å². The number of carbonyl (C=O) groups is 2. The van der Waals surface area contributed by atoms with Crippen molar-refractivity contribution in [3.05, 3.63) is 59.4 Å². The van der Waals surface area contributed by atoms with Crippen LogP contribution < -0.4 is 20.3 Å². The molecule has 1 aliphatic heterocycles. The monoisotopic (exact) mass is 352 g/mol. The van der Waals surface area contributed by atoms with Crippen molar-refractivity contribution < 1.29 is 23.5 Å². The van der Waals surface area contributed by atoms with Crippen LogP contribution in [0.1, 0.15) is 26.5 Å². The van der Waals surface area contributed by atoms with Gasteiger partial charge in [0.05, 0.1) is 0 Å². The number of furan rings is 1. The third-order valence-corrected chi connectivity index (χ3v) is 3.99. The highest BCUT2D eigenvalue weighted by molar-refractivity contribution is 6.00. The topological polar surface area (TPSA) is 89.8 Å². The zero-order chi connectivity index (χ0) is 18.1. The molecule has 0 atom stereocenters. The first-order valence-corrected chi connectivity index (χ1v) is 8.11. The van der Waals surface area contributed by atoms with Crippen molar-refractivity contribution in [1.29, 1.82) is 0 Å².